The molecule has 0 bridgehead atoms. The minimum Gasteiger partial charge on any atom is -0.393 e. The summed E-state index contributed by atoms with van der Waals surface area (Å²) in [5.41, 5.74) is 1.62. The number of rotatable bonds is 2. The Balaban J connectivity index is 1.42. The highest BCUT2D eigenvalue weighted by molar-refractivity contribution is 5.94. The number of aromatic amines is 1. The fourth-order valence-electron chi connectivity index (χ4n) is 11.3. The lowest BCUT2D eigenvalue weighted by Crippen LogP contribution is -2.65. The van der Waals surface area contributed by atoms with Crippen molar-refractivity contribution in [1.29, 1.82) is 0 Å². The highest BCUT2D eigenvalue weighted by Crippen LogP contribution is 2.75. The standard InChI is InChI=1S/C31H49N5O2/c1-18-10-15-31(25(38)32-26-33-35-36-34-26)17-16-29(6)20(24(31)19(18)2)8-9-22-28(5)13-12-23(37)27(3,4)21(28)11-14-30(22,29)7/h8,18-19,21-24,37H,9-17H2,1-7H3,(H2,32,33,34,35,36,38)/t18-,19+,21+,22-,23+,24+,28+,29-,30-,31+/m1/s1. The smallest absolute Gasteiger partial charge is 0.269 e. The molecule has 0 unspecified atom stereocenters. The maximum absolute atomic E-state index is 14.1. The van der Waals surface area contributed by atoms with E-state index in [-0.39, 0.29) is 45.5 Å². The molecule has 1 aromatic rings. The number of fused-ring (bicyclic) bond motifs is 7. The van der Waals surface area contributed by atoms with Crippen molar-refractivity contribution in [1.82, 2.24) is 20.6 Å². The molecule has 38 heavy (non-hydrogen) atoms. The van der Waals surface area contributed by atoms with Crippen LogP contribution in [0.3, 0.4) is 0 Å². The maximum atomic E-state index is 14.1. The number of hydrogen-bond donors (Lipinski definition) is 3. The van der Waals surface area contributed by atoms with E-state index in [1.54, 1.807) is 5.57 Å². The Hall–Kier alpha value is -1.76. The van der Waals surface area contributed by atoms with Crippen LogP contribution in [0.2, 0.25) is 0 Å². The molecule has 1 amide bonds. The zero-order valence-corrected chi connectivity index (χ0v) is 24.6. The van der Waals surface area contributed by atoms with Crippen LogP contribution in [0.1, 0.15) is 106 Å². The molecule has 7 heteroatoms. The van der Waals surface area contributed by atoms with Gasteiger partial charge >= 0.3 is 0 Å². The molecule has 1 aromatic heterocycles. The van der Waals surface area contributed by atoms with Crippen LogP contribution in [0.25, 0.3) is 0 Å². The van der Waals surface area contributed by atoms with Gasteiger partial charge in [-0.05, 0) is 114 Å². The number of aliphatic hydroxyl groups is 1. The highest BCUT2D eigenvalue weighted by atomic mass is 16.3. The summed E-state index contributed by atoms with van der Waals surface area (Å²) in [4.78, 5) is 14.1. The summed E-state index contributed by atoms with van der Waals surface area (Å²) >= 11 is 0. The number of nitrogens with zero attached hydrogens (tertiary/aromatic N) is 3. The number of hydrogen-bond acceptors (Lipinski definition) is 5. The molecule has 0 spiro atoms. The first-order valence-corrected chi connectivity index (χ1v) is 15.2. The van der Waals surface area contributed by atoms with Crippen molar-refractivity contribution < 1.29 is 9.90 Å². The number of anilines is 1. The SMILES string of the molecule is C[C@H]1[C@H](C)CC[C@]2(C(=O)Nc3nn[nH]n3)CC[C@]3(C)C(=CC[C@@H]4[C@@]5(C)CC[C@H](O)C(C)(C)[C@@H]5CC[C@]43C)[C@H]12. The Morgan fingerprint density at radius 3 is 2.47 bits per heavy atom. The molecule has 4 saturated carbocycles. The molecule has 0 aliphatic heterocycles. The van der Waals surface area contributed by atoms with Gasteiger partial charge in [0.2, 0.25) is 5.91 Å². The van der Waals surface area contributed by atoms with Crippen molar-refractivity contribution in [2.75, 3.05) is 5.32 Å². The van der Waals surface area contributed by atoms with Crippen molar-refractivity contribution in [3.8, 4) is 0 Å². The van der Waals surface area contributed by atoms with Crippen LogP contribution in [0.4, 0.5) is 5.95 Å². The number of aromatic nitrogens is 4. The first-order chi connectivity index (χ1) is 17.8. The zero-order chi connectivity index (χ0) is 27.3. The summed E-state index contributed by atoms with van der Waals surface area (Å²) in [6.07, 6.45) is 11.9. The van der Waals surface area contributed by atoms with Gasteiger partial charge in [0.15, 0.2) is 0 Å². The molecule has 0 aromatic carbocycles. The van der Waals surface area contributed by atoms with Crippen LogP contribution in [0.5, 0.6) is 0 Å². The number of allylic oxidation sites excluding steroid dienone is 2. The van der Waals surface area contributed by atoms with E-state index < -0.39 is 5.41 Å². The second-order valence-corrected chi connectivity index (χ2v) is 15.4. The summed E-state index contributed by atoms with van der Waals surface area (Å²) in [5.74, 6) is 2.79. The molecular weight excluding hydrogens is 474 g/mol. The van der Waals surface area contributed by atoms with Gasteiger partial charge in [0.1, 0.15) is 0 Å². The number of H-pyrrole nitrogens is 1. The van der Waals surface area contributed by atoms with Crippen molar-refractivity contribution in [3.05, 3.63) is 11.6 Å². The quantitative estimate of drug-likeness (QED) is 0.403. The first kappa shape index (κ1) is 26.5. The summed E-state index contributed by atoms with van der Waals surface area (Å²) in [5, 5.41) is 28.2. The Morgan fingerprint density at radius 1 is 1.00 bits per heavy atom. The average Bonchev–Trinajstić information content (AvgIpc) is 3.37. The van der Waals surface area contributed by atoms with Crippen LogP contribution >= 0.6 is 0 Å². The summed E-state index contributed by atoms with van der Waals surface area (Å²) in [7, 11) is 0. The van der Waals surface area contributed by atoms with Crippen molar-refractivity contribution in [2.45, 2.75) is 112 Å². The number of tetrazole rings is 1. The lowest BCUT2D eigenvalue weighted by Gasteiger charge is -2.71. The van der Waals surface area contributed by atoms with E-state index in [1.165, 1.54) is 12.8 Å². The lowest BCUT2D eigenvalue weighted by molar-refractivity contribution is -0.204. The predicted octanol–water partition coefficient (Wildman–Crippen LogP) is 6.16. The third-order valence-electron chi connectivity index (χ3n) is 14.0. The van der Waals surface area contributed by atoms with E-state index in [1.807, 2.05) is 0 Å². The number of amides is 1. The van der Waals surface area contributed by atoms with Crippen molar-refractivity contribution in [2.24, 2.45) is 56.7 Å². The third kappa shape index (κ3) is 3.23. The highest BCUT2D eigenvalue weighted by Gasteiger charge is 2.69. The molecule has 7 nitrogen and oxygen atoms in total. The van der Waals surface area contributed by atoms with Gasteiger partial charge in [-0.1, -0.05) is 65.2 Å². The second kappa shape index (κ2) is 8.37. The molecule has 5 aliphatic carbocycles. The van der Waals surface area contributed by atoms with Crippen LogP contribution < -0.4 is 5.32 Å². The molecule has 4 fully saturated rings. The van der Waals surface area contributed by atoms with E-state index in [2.05, 4.69) is 80.5 Å². The molecule has 10 atom stereocenters. The minimum absolute atomic E-state index is 0.0402. The van der Waals surface area contributed by atoms with E-state index in [9.17, 15) is 9.90 Å². The summed E-state index contributed by atoms with van der Waals surface area (Å²) < 4.78 is 0. The Bertz CT molecular complexity index is 1130. The van der Waals surface area contributed by atoms with Crippen LogP contribution in [-0.2, 0) is 4.79 Å². The molecule has 6 rings (SSSR count). The lowest BCUT2D eigenvalue weighted by atomic mass is 9.33. The normalized spacial score (nSPS) is 49.5. The molecular formula is C31H49N5O2. The first-order valence-electron chi connectivity index (χ1n) is 15.2. The second-order valence-electron chi connectivity index (χ2n) is 15.4. The number of aliphatic hydroxyl groups excluding tert-OH is 1. The van der Waals surface area contributed by atoms with E-state index >= 15 is 0 Å². The van der Waals surface area contributed by atoms with Gasteiger partial charge < -0.3 is 5.11 Å². The average molecular weight is 524 g/mol. The van der Waals surface area contributed by atoms with E-state index in [0.717, 1.165) is 44.9 Å². The Morgan fingerprint density at radius 2 is 1.76 bits per heavy atom. The molecule has 0 radical (unpaired) electrons. The maximum Gasteiger partial charge on any atom is 0.269 e. The van der Waals surface area contributed by atoms with E-state index in [4.69, 9.17) is 0 Å². The molecule has 1 heterocycles. The topological polar surface area (TPSA) is 104 Å². The zero-order valence-electron chi connectivity index (χ0n) is 24.6. The predicted molar refractivity (Wildman–Crippen MR) is 148 cm³/mol. The fraction of sp³-hybridized carbons (Fsp3) is 0.871. The summed E-state index contributed by atoms with van der Waals surface area (Å²) in [6.45, 7) is 17.1. The van der Waals surface area contributed by atoms with Crippen LogP contribution in [0, 0.1) is 56.7 Å². The fourth-order valence-corrected chi connectivity index (χ4v) is 11.3. The van der Waals surface area contributed by atoms with Crippen LogP contribution in [0.15, 0.2) is 11.6 Å². The molecule has 3 N–H and O–H groups in total. The van der Waals surface area contributed by atoms with Gasteiger partial charge in [0.05, 0.1) is 11.5 Å². The Kier molecular flexibility index (Phi) is 5.83. The monoisotopic (exact) mass is 523 g/mol. The third-order valence-corrected chi connectivity index (χ3v) is 14.0. The van der Waals surface area contributed by atoms with Crippen molar-refractivity contribution >= 4 is 11.9 Å². The molecule has 0 saturated heterocycles. The van der Waals surface area contributed by atoms with E-state index in [0.29, 0.717) is 23.7 Å². The summed E-state index contributed by atoms with van der Waals surface area (Å²) in [6, 6.07) is 0. The number of nitrogens with one attached hydrogen (secondary N) is 2. The number of carbonyl (C=O) groups is 1. The minimum atomic E-state index is -0.418. The number of carbonyl (C=O) groups excluding carboxylic acids is 1. The van der Waals surface area contributed by atoms with Crippen LogP contribution in [-0.4, -0.2) is 37.7 Å². The van der Waals surface area contributed by atoms with Gasteiger partial charge in [-0.25, -0.2) is 0 Å². The van der Waals surface area contributed by atoms with Gasteiger partial charge in [0.25, 0.3) is 5.95 Å². The Labute approximate surface area is 228 Å². The van der Waals surface area contributed by atoms with Gasteiger partial charge in [-0.2, -0.15) is 5.21 Å². The van der Waals surface area contributed by atoms with Gasteiger partial charge in [-0.3, -0.25) is 10.1 Å². The molecule has 5 aliphatic rings. The van der Waals surface area contributed by atoms with Gasteiger partial charge in [-0.15, -0.1) is 5.10 Å². The van der Waals surface area contributed by atoms with Gasteiger partial charge in [0, 0.05) is 0 Å². The largest absolute Gasteiger partial charge is 0.393 e. The molecule has 210 valence electrons. The van der Waals surface area contributed by atoms with Crippen molar-refractivity contribution in [3.63, 3.8) is 0 Å².